The van der Waals surface area contributed by atoms with Gasteiger partial charge in [-0.25, -0.2) is 0 Å². The molecule has 0 radical (unpaired) electrons. The average molecular weight is 296 g/mol. The van der Waals surface area contributed by atoms with Gasteiger partial charge in [0.05, 0.1) is 0 Å². The van der Waals surface area contributed by atoms with E-state index in [0.29, 0.717) is 30.8 Å². The lowest BCUT2D eigenvalue weighted by atomic mass is 9.76. The highest BCUT2D eigenvalue weighted by Gasteiger charge is 2.28. The molecule has 124 valence electrons. The summed E-state index contributed by atoms with van der Waals surface area (Å²) in [6, 6.07) is 0.462. The molecular formula is C18H36N2O. The molecule has 1 amide bonds. The second-order valence-electron chi connectivity index (χ2n) is 8.11. The van der Waals surface area contributed by atoms with E-state index in [1.807, 2.05) is 11.9 Å². The van der Waals surface area contributed by atoms with Crippen molar-refractivity contribution in [3.63, 3.8) is 0 Å². The van der Waals surface area contributed by atoms with E-state index in [4.69, 9.17) is 5.73 Å². The Kier molecular flexibility index (Phi) is 7.19. The summed E-state index contributed by atoms with van der Waals surface area (Å²) in [5, 5.41) is 0. The van der Waals surface area contributed by atoms with E-state index < -0.39 is 0 Å². The summed E-state index contributed by atoms with van der Waals surface area (Å²) in [5.74, 6) is 1.61. The van der Waals surface area contributed by atoms with Gasteiger partial charge in [0.25, 0.3) is 0 Å². The minimum atomic E-state index is 0.234. The third-order valence-corrected chi connectivity index (χ3v) is 5.30. The minimum Gasteiger partial charge on any atom is -0.343 e. The summed E-state index contributed by atoms with van der Waals surface area (Å²) in [6.45, 7) is 9.78. The highest BCUT2D eigenvalue weighted by atomic mass is 16.2. The molecule has 3 heteroatoms. The molecule has 3 nitrogen and oxygen atoms in total. The molecule has 0 spiro atoms. The number of rotatable bonds is 6. The van der Waals surface area contributed by atoms with Crippen LogP contribution in [0.2, 0.25) is 0 Å². The lowest BCUT2D eigenvalue weighted by Gasteiger charge is -2.35. The van der Waals surface area contributed by atoms with E-state index in [9.17, 15) is 4.79 Å². The molecule has 0 saturated heterocycles. The Morgan fingerprint density at radius 2 is 1.95 bits per heavy atom. The summed E-state index contributed by atoms with van der Waals surface area (Å²) < 4.78 is 0. The van der Waals surface area contributed by atoms with E-state index in [-0.39, 0.29) is 5.41 Å². The second kappa shape index (κ2) is 8.17. The standard InChI is InChI=1S/C18H36N2O/c1-14-7-6-8-16(13-14)20(5)17(21)10-9-15(11-12-19)18(2,3)4/h14-16H,6-13,19H2,1-5H3. The van der Waals surface area contributed by atoms with Gasteiger partial charge in [-0.1, -0.05) is 40.5 Å². The van der Waals surface area contributed by atoms with Gasteiger partial charge in [-0.3, -0.25) is 4.79 Å². The molecule has 0 aromatic carbocycles. The van der Waals surface area contributed by atoms with Crippen LogP contribution < -0.4 is 5.73 Å². The molecule has 1 saturated carbocycles. The summed E-state index contributed by atoms with van der Waals surface area (Å²) in [7, 11) is 2.00. The van der Waals surface area contributed by atoms with Crippen molar-refractivity contribution in [3.8, 4) is 0 Å². The molecule has 1 rings (SSSR count). The van der Waals surface area contributed by atoms with Crippen LogP contribution in [0.25, 0.3) is 0 Å². The number of hydrogen-bond acceptors (Lipinski definition) is 2. The lowest BCUT2D eigenvalue weighted by Crippen LogP contribution is -2.40. The monoisotopic (exact) mass is 296 g/mol. The maximum Gasteiger partial charge on any atom is 0.222 e. The third kappa shape index (κ3) is 5.98. The second-order valence-corrected chi connectivity index (χ2v) is 8.11. The van der Waals surface area contributed by atoms with Gasteiger partial charge in [-0.15, -0.1) is 0 Å². The molecular weight excluding hydrogens is 260 g/mol. The highest BCUT2D eigenvalue weighted by molar-refractivity contribution is 5.76. The van der Waals surface area contributed by atoms with Crippen LogP contribution in [-0.4, -0.2) is 30.4 Å². The first kappa shape index (κ1) is 18.5. The first-order valence-electron chi connectivity index (χ1n) is 8.71. The molecule has 1 aliphatic carbocycles. The van der Waals surface area contributed by atoms with Crippen LogP contribution in [-0.2, 0) is 4.79 Å². The molecule has 2 N–H and O–H groups in total. The zero-order valence-corrected chi connectivity index (χ0v) is 14.8. The topological polar surface area (TPSA) is 46.3 Å². The first-order chi connectivity index (χ1) is 9.75. The Morgan fingerprint density at radius 3 is 2.48 bits per heavy atom. The van der Waals surface area contributed by atoms with Crippen molar-refractivity contribution < 1.29 is 4.79 Å². The highest BCUT2D eigenvalue weighted by Crippen LogP contribution is 2.33. The van der Waals surface area contributed by atoms with E-state index in [0.717, 1.165) is 18.8 Å². The SMILES string of the molecule is CC1CCCC(N(C)C(=O)CCC(CCN)C(C)(C)C)C1. The molecule has 3 atom stereocenters. The van der Waals surface area contributed by atoms with Gasteiger partial charge < -0.3 is 10.6 Å². The predicted octanol–water partition coefficient (Wildman–Crippen LogP) is 3.81. The van der Waals surface area contributed by atoms with Gasteiger partial charge in [0, 0.05) is 19.5 Å². The van der Waals surface area contributed by atoms with Crippen LogP contribution in [0.1, 0.15) is 72.6 Å². The molecule has 1 aliphatic rings. The molecule has 1 fully saturated rings. The van der Waals surface area contributed by atoms with E-state index >= 15 is 0 Å². The van der Waals surface area contributed by atoms with Gasteiger partial charge in [0.15, 0.2) is 0 Å². The molecule has 21 heavy (non-hydrogen) atoms. The Balaban J connectivity index is 2.47. The number of amides is 1. The van der Waals surface area contributed by atoms with E-state index in [1.54, 1.807) is 0 Å². The quantitative estimate of drug-likeness (QED) is 0.810. The minimum absolute atomic E-state index is 0.234. The fourth-order valence-electron chi connectivity index (χ4n) is 3.64. The maximum atomic E-state index is 12.5. The molecule has 0 aromatic heterocycles. The van der Waals surface area contributed by atoms with Crippen LogP contribution in [0.5, 0.6) is 0 Å². The molecule has 0 bridgehead atoms. The predicted molar refractivity (Wildman–Crippen MR) is 90.0 cm³/mol. The number of nitrogens with two attached hydrogens (primary N) is 1. The number of carbonyl (C=O) groups excluding carboxylic acids is 1. The van der Waals surface area contributed by atoms with Crippen molar-refractivity contribution in [2.45, 2.75) is 78.7 Å². The van der Waals surface area contributed by atoms with Gasteiger partial charge in [0.2, 0.25) is 5.91 Å². The zero-order valence-electron chi connectivity index (χ0n) is 14.8. The Morgan fingerprint density at radius 1 is 1.29 bits per heavy atom. The molecule has 0 aromatic rings. The van der Waals surface area contributed by atoms with Crippen LogP contribution in [0.3, 0.4) is 0 Å². The van der Waals surface area contributed by atoms with E-state index in [2.05, 4.69) is 27.7 Å². The number of nitrogens with zero attached hydrogens (tertiary/aromatic N) is 1. The fourth-order valence-corrected chi connectivity index (χ4v) is 3.64. The van der Waals surface area contributed by atoms with Crippen LogP contribution in [0.15, 0.2) is 0 Å². The van der Waals surface area contributed by atoms with Gasteiger partial charge in [0.1, 0.15) is 0 Å². The number of hydrogen-bond donors (Lipinski definition) is 1. The Labute approximate surface area is 131 Å². The van der Waals surface area contributed by atoms with Crippen LogP contribution >= 0.6 is 0 Å². The van der Waals surface area contributed by atoms with Crippen LogP contribution in [0.4, 0.5) is 0 Å². The van der Waals surface area contributed by atoms with Gasteiger partial charge in [-0.05, 0) is 49.5 Å². The first-order valence-corrected chi connectivity index (χ1v) is 8.71. The number of carbonyl (C=O) groups is 1. The van der Waals surface area contributed by atoms with Crippen molar-refractivity contribution >= 4 is 5.91 Å². The third-order valence-electron chi connectivity index (χ3n) is 5.30. The normalized spacial score (nSPS) is 24.7. The smallest absolute Gasteiger partial charge is 0.222 e. The average Bonchev–Trinajstić information content (AvgIpc) is 2.41. The molecule has 0 aliphatic heterocycles. The van der Waals surface area contributed by atoms with Gasteiger partial charge in [-0.2, -0.15) is 0 Å². The van der Waals surface area contributed by atoms with Crippen molar-refractivity contribution in [1.29, 1.82) is 0 Å². The summed E-state index contributed by atoms with van der Waals surface area (Å²) in [6.07, 6.45) is 7.59. The van der Waals surface area contributed by atoms with Crippen molar-refractivity contribution in [3.05, 3.63) is 0 Å². The lowest BCUT2D eigenvalue weighted by molar-refractivity contribution is -0.133. The van der Waals surface area contributed by atoms with Crippen molar-refractivity contribution in [2.24, 2.45) is 23.0 Å². The largest absolute Gasteiger partial charge is 0.343 e. The molecule has 3 unspecified atom stereocenters. The summed E-state index contributed by atoms with van der Waals surface area (Å²) in [5.41, 5.74) is 5.96. The van der Waals surface area contributed by atoms with Crippen LogP contribution in [0, 0.1) is 17.3 Å². The van der Waals surface area contributed by atoms with Crippen molar-refractivity contribution in [1.82, 2.24) is 4.90 Å². The Hall–Kier alpha value is -0.570. The summed E-state index contributed by atoms with van der Waals surface area (Å²) in [4.78, 5) is 14.5. The maximum absolute atomic E-state index is 12.5. The molecule has 0 heterocycles. The van der Waals surface area contributed by atoms with Crippen molar-refractivity contribution in [2.75, 3.05) is 13.6 Å². The van der Waals surface area contributed by atoms with E-state index in [1.165, 1.54) is 25.7 Å². The van der Waals surface area contributed by atoms with Gasteiger partial charge >= 0.3 is 0 Å². The fraction of sp³-hybridized carbons (Fsp3) is 0.944. The summed E-state index contributed by atoms with van der Waals surface area (Å²) >= 11 is 0. The zero-order chi connectivity index (χ0) is 16.0. The Bertz CT molecular complexity index is 322.